The van der Waals surface area contributed by atoms with Crippen LogP contribution >= 0.6 is 0 Å². The van der Waals surface area contributed by atoms with Crippen molar-refractivity contribution in [3.8, 4) is 0 Å². The van der Waals surface area contributed by atoms with Crippen LogP contribution in [0.15, 0.2) is 59.6 Å². The van der Waals surface area contributed by atoms with Crippen molar-refractivity contribution in [2.75, 3.05) is 26.2 Å². The number of hydrogen-bond donors (Lipinski definition) is 1. The molecular formula is C24H31N5O2. The summed E-state index contributed by atoms with van der Waals surface area (Å²) >= 11 is 0. The summed E-state index contributed by atoms with van der Waals surface area (Å²) in [6.45, 7) is 5.80. The average Bonchev–Trinajstić information content (AvgIpc) is 3.34. The van der Waals surface area contributed by atoms with E-state index in [1.807, 2.05) is 0 Å². The average molecular weight is 422 g/mol. The molecule has 0 bridgehead atoms. The zero-order valence-corrected chi connectivity index (χ0v) is 17.9. The second-order valence-electron chi connectivity index (χ2n) is 8.44. The molecule has 0 amide bonds. The lowest BCUT2D eigenvalue weighted by molar-refractivity contribution is -0.384. The van der Waals surface area contributed by atoms with Crippen LogP contribution in [0.25, 0.3) is 0 Å². The number of non-ortho nitro benzene ring substituents is 1. The lowest BCUT2D eigenvalue weighted by Gasteiger charge is -2.34. The Kier molecular flexibility index (Phi) is 7.14. The Balaban J connectivity index is 1.34. The van der Waals surface area contributed by atoms with E-state index in [2.05, 4.69) is 45.4 Å². The fourth-order valence-corrected chi connectivity index (χ4v) is 4.31. The van der Waals surface area contributed by atoms with E-state index in [0.717, 1.165) is 57.1 Å². The molecule has 2 aliphatic heterocycles. The summed E-state index contributed by atoms with van der Waals surface area (Å²) in [6.07, 6.45) is 4.62. The van der Waals surface area contributed by atoms with Gasteiger partial charge in [0.15, 0.2) is 5.96 Å². The summed E-state index contributed by atoms with van der Waals surface area (Å²) in [6, 6.07) is 17.8. The summed E-state index contributed by atoms with van der Waals surface area (Å²) in [7, 11) is 0. The van der Waals surface area contributed by atoms with E-state index >= 15 is 0 Å². The summed E-state index contributed by atoms with van der Waals surface area (Å²) in [5.74, 6) is 0.984. The van der Waals surface area contributed by atoms with Crippen LogP contribution in [-0.4, -0.2) is 52.9 Å². The van der Waals surface area contributed by atoms with Crippen LogP contribution in [0.3, 0.4) is 0 Å². The predicted octanol–water partition coefficient (Wildman–Crippen LogP) is 3.80. The van der Waals surface area contributed by atoms with Crippen LogP contribution in [-0.2, 0) is 13.1 Å². The molecule has 7 nitrogen and oxygen atoms in total. The molecule has 4 rings (SSSR count). The topological polar surface area (TPSA) is 74.0 Å². The maximum Gasteiger partial charge on any atom is 0.269 e. The van der Waals surface area contributed by atoms with E-state index in [-0.39, 0.29) is 10.6 Å². The Morgan fingerprint density at radius 1 is 0.968 bits per heavy atom. The molecule has 164 valence electrons. The minimum absolute atomic E-state index is 0.118. The standard InChI is InChI=1S/C24H31N5O2/c30-29(31)23-10-8-20(9-11-23)18-25-24(28-14-4-5-15-28)26-22-12-16-27(17-13-22)19-21-6-2-1-3-7-21/h1-3,6-11,22H,4-5,12-19H2,(H,25,26). The zero-order chi connectivity index (χ0) is 21.5. The van der Waals surface area contributed by atoms with Gasteiger partial charge in [-0.1, -0.05) is 42.5 Å². The van der Waals surface area contributed by atoms with Crippen LogP contribution in [0.4, 0.5) is 5.69 Å². The van der Waals surface area contributed by atoms with E-state index in [0.29, 0.717) is 12.6 Å². The van der Waals surface area contributed by atoms with Gasteiger partial charge in [0.05, 0.1) is 11.5 Å². The molecule has 2 aliphatic rings. The van der Waals surface area contributed by atoms with Gasteiger partial charge >= 0.3 is 0 Å². The SMILES string of the molecule is O=[N+]([O-])c1ccc(CN=C(NC2CCN(Cc3ccccc3)CC2)N2CCCC2)cc1. The maximum atomic E-state index is 10.9. The first-order chi connectivity index (χ1) is 15.2. The van der Waals surface area contributed by atoms with Gasteiger partial charge in [-0.2, -0.15) is 0 Å². The number of nitrogens with one attached hydrogen (secondary N) is 1. The molecule has 7 heteroatoms. The number of aliphatic imine (C=N–C) groups is 1. The summed E-state index contributed by atoms with van der Waals surface area (Å²) in [5, 5.41) is 14.6. The molecule has 0 spiro atoms. The van der Waals surface area contributed by atoms with E-state index in [9.17, 15) is 10.1 Å². The second-order valence-corrected chi connectivity index (χ2v) is 8.44. The molecule has 2 fully saturated rings. The molecule has 0 aromatic heterocycles. The van der Waals surface area contributed by atoms with E-state index in [1.54, 1.807) is 24.3 Å². The van der Waals surface area contributed by atoms with Crippen molar-refractivity contribution in [3.63, 3.8) is 0 Å². The lowest BCUT2D eigenvalue weighted by Crippen LogP contribution is -2.49. The van der Waals surface area contributed by atoms with Crippen LogP contribution in [0.5, 0.6) is 0 Å². The number of guanidine groups is 1. The van der Waals surface area contributed by atoms with Crippen molar-refractivity contribution in [2.45, 2.75) is 44.8 Å². The van der Waals surface area contributed by atoms with Crippen LogP contribution in [0.1, 0.15) is 36.8 Å². The molecular weight excluding hydrogens is 390 g/mol. The highest BCUT2D eigenvalue weighted by atomic mass is 16.6. The number of nitro benzene ring substituents is 1. The van der Waals surface area contributed by atoms with Gasteiger partial charge in [0.1, 0.15) is 0 Å². The van der Waals surface area contributed by atoms with Crippen molar-refractivity contribution < 1.29 is 4.92 Å². The third-order valence-corrected chi connectivity index (χ3v) is 6.13. The smallest absolute Gasteiger partial charge is 0.269 e. The van der Waals surface area contributed by atoms with Crippen LogP contribution in [0.2, 0.25) is 0 Å². The number of rotatable bonds is 6. The number of nitro groups is 1. The molecule has 0 unspecified atom stereocenters. The monoisotopic (exact) mass is 421 g/mol. The Bertz CT molecular complexity index is 871. The lowest BCUT2D eigenvalue weighted by atomic mass is 10.0. The first-order valence-electron chi connectivity index (χ1n) is 11.2. The molecule has 31 heavy (non-hydrogen) atoms. The van der Waals surface area contributed by atoms with Gasteiger partial charge in [-0.15, -0.1) is 0 Å². The second kappa shape index (κ2) is 10.4. The largest absolute Gasteiger partial charge is 0.353 e. The van der Waals surface area contributed by atoms with Crippen molar-refractivity contribution in [3.05, 3.63) is 75.8 Å². The van der Waals surface area contributed by atoms with Crippen molar-refractivity contribution in [1.82, 2.24) is 15.1 Å². The predicted molar refractivity (Wildman–Crippen MR) is 123 cm³/mol. The number of piperidine rings is 1. The molecule has 0 aliphatic carbocycles. The highest BCUT2D eigenvalue weighted by molar-refractivity contribution is 5.80. The van der Waals surface area contributed by atoms with Gasteiger partial charge in [0.25, 0.3) is 5.69 Å². The molecule has 0 saturated carbocycles. The normalized spacial score (nSPS) is 18.3. The molecule has 2 heterocycles. The zero-order valence-electron chi connectivity index (χ0n) is 17.9. The van der Waals surface area contributed by atoms with Gasteiger partial charge in [-0.25, -0.2) is 4.99 Å². The fourth-order valence-electron chi connectivity index (χ4n) is 4.31. The summed E-state index contributed by atoms with van der Waals surface area (Å²) < 4.78 is 0. The van der Waals surface area contributed by atoms with Gasteiger partial charge < -0.3 is 10.2 Å². The summed E-state index contributed by atoms with van der Waals surface area (Å²) in [4.78, 5) is 20.2. The Labute approximate surface area is 183 Å². The molecule has 2 aromatic carbocycles. The Morgan fingerprint density at radius 3 is 2.29 bits per heavy atom. The van der Waals surface area contributed by atoms with Gasteiger partial charge in [0, 0.05) is 50.9 Å². The quantitative estimate of drug-likeness (QED) is 0.332. The highest BCUT2D eigenvalue weighted by Gasteiger charge is 2.23. The van der Waals surface area contributed by atoms with Gasteiger partial charge in [-0.05, 0) is 36.8 Å². The Hall–Kier alpha value is -2.93. The third-order valence-electron chi connectivity index (χ3n) is 6.13. The number of likely N-dealkylation sites (tertiary alicyclic amines) is 2. The van der Waals surface area contributed by atoms with Gasteiger partial charge in [-0.3, -0.25) is 15.0 Å². The van der Waals surface area contributed by atoms with E-state index in [4.69, 9.17) is 4.99 Å². The molecule has 0 atom stereocenters. The molecule has 2 saturated heterocycles. The minimum atomic E-state index is -0.367. The van der Waals surface area contributed by atoms with E-state index in [1.165, 1.54) is 18.4 Å². The fraction of sp³-hybridized carbons (Fsp3) is 0.458. The number of benzene rings is 2. The summed E-state index contributed by atoms with van der Waals surface area (Å²) in [5.41, 5.74) is 2.48. The van der Waals surface area contributed by atoms with Crippen LogP contribution in [0, 0.1) is 10.1 Å². The molecule has 1 N–H and O–H groups in total. The molecule has 0 radical (unpaired) electrons. The van der Waals surface area contributed by atoms with Gasteiger partial charge in [0.2, 0.25) is 0 Å². The highest BCUT2D eigenvalue weighted by Crippen LogP contribution is 2.17. The van der Waals surface area contributed by atoms with E-state index < -0.39 is 0 Å². The van der Waals surface area contributed by atoms with Crippen LogP contribution < -0.4 is 5.32 Å². The van der Waals surface area contributed by atoms with Crippen molar-refractivity contribution >= 4 is 11.6 Å². The van der Waals surface area contributed by atoms with Crippen molar-refractivity contribution in [1.29, 1.82) is 0 Å². The first kappa shape index (κ1) is 21.3. The third kappa shape index (κ3) is 6.04. The first-order valence-corrected chi connectivity index (χ1v) is 11.2. The number of nitrogens with zero attached hydrogens (tertiary/aromatic N) is 4. The maximum absolute atomic E-state index is 10.9. The minimum Gasteiger partial charge on any atom is -0.353 e. The molecule has 2 aromatic rings. The van der Waals surface area contributed by atoms with Crippen molar-refractivity contribution in [2.24, 2.45) is 4.99 Å². The Morgan fingerprint density at radius 2 is 1.65 bits per heavy atom. The number of hydrogen-bond acceptors (Lipinski definition) is 4.